The van der Waals surface area contributed by atoms with Gasteiger partial charge in [0.05, 0.1) is 6.04 Å². The third kappa shape index (κ3) is 4.31. The lowest BCUT2D eigenvalue weighted by Gasteiger charge is -2.17. The Morgan fingerprint density at radius 2 is 1.93 bits per heavy atom. The zero-order valence-corrected chi connectivity index (χ0v) is 16.4. The molecule has 0 radical (unpaired) electrons. The summed E-state index contributed by atoms with van der Waals surface area (Å²) in [6.07, 6.45) is 2.34. The second kappa shape index (κ2) is 8.26. The van der Waals surface area contributed by atoms with Gasteiger partial charge in [0.1, 0.15) is 15.6 Å². The molecule has 1 atom stereocenters. The van der Waals surface area contributed by atoms with Crippen LogP contribution in [0.2, 0.25) is 0 Å². The van der Waals surface area contributed by atoms with Crippen LogP contribution in [-0.2, 0) is 6.42 Å². The number of nitrogens with one attached hydrogen (secondary N) is 1. The number of hydrogen-bond acceptors (Lipinski definition) is 5. The number of amides is 1. The highest BCUT2D eigenvalue weighted by Gasteiger charge is 2.18. The van der Waals surface area contributed by atoms with E-state index in [9.17, 15) is 9.59 Å². The van der Waals surface area contributed by atoms with E-state index in [2.05, 4.69) is 15.5 Å². The lowest BCUT2D eigenvalue weighted by molar-refractivity contribution is 0.0951. The summed E-state index contributed by atoms with van der Waals surface area (Å²) in [5.74, 6) is -0.353. The number of nitrogens with zero attached hydrogens (tertiary/aromatic N) is 3. The summed E-state index contributed by atoms with van der Waals surface area (Å²) in [6, 6.07) is 11.4. The molecule has 27 heavy (non-hydrogen) atoms. The molecule has 0 saturated heterocycles. The quantitative estimate of drug-likeness (QED) is 0.711. The van der Waals surface area contributed by atoms with E-state index in [0.29, 0.717) is 18.5 Å². The van der Waals surface area contributed by atoms with Crippen LogP contribution in [0.3, 0.4) is 0 Å². The zero-order chi connectivity index (χ0) is 19.4. The first kappa shape index (κ1) is 19.0. The largest absolute Gasteiger partial charge is 0.351 e. The number of benzene rings is 1. The van der Waals surface area contributed by atoms with E-state index in [4.69, 9.17) is 0 Å². The molecule has 140 valence electrons. The Bertz CT molecular complexity index is 995. The lowest BCUT2D eigenvalue weighted by atomic mass is 10.1. The second-order valence-corrected chi connectivity index (χ2v) is 7.66. The first-order valence-electron chi connectivity index (χ1n) is 8.81. The van der Waals surface area contributed by atoms with Gasteiger partial charge in [0.15, 0.2) is 0 Å². The average molecular weight is 382 g/mol. The fourth-order valence-corrected chi connectivity index (χ4v) is 3.63. The minimum Gasteiger partial charge on any atom is -0.351 e. The summed E-state index contributed by atoms with van der Waals surface area (Å²) < 4.78 is 1.60. The molecule has 0 fully saturated rings. The molecule has 0 saturated carbocycles. The van der Waals surface area contributed by atoms with Crippen molar-refractivity contribution in [3.05, 3.63) is 79.7 Å². The van der Waals surface area contributed by atoms with Gasteiger partial charge >= 0.3 is 0 Å². The monoisotopic (exact) mass is 382 g/mol. The van der Waals surface area contributed by atoms with Crippen LogP contribution in [0.15, 0.2) is 47.4 Å². The molecule has 1 amide bonds. The Balaban J connectivity index is 1.78. The van der Waals surface area contributed by atoms with Crippen LogP contribution in [0.4, 0.5) is 0 Å². The molecule has 0 bridgehead atoms. The van der Waals surface area contributed by atoms with Gasteiger partial charge in [-0.2, -0.15) is 0 Å². The smallest absolute Gasteiger partial charge is 0.264 e. The van der Waals surface area contributed by atoms with Gasteiger partial charge in [-0.3, -0.25) is 9.59 Å². The van der Waals surface area contributed by atoms with Crippen molar-refractivity contribution in [3.63, 3.8) is 0 Å². The minimum atomic E-state index is -0.353. The van der Waals surface area contributed by atoms with E-state index in [1.165, 1.54) is 11.3 Å². The zero-order valence-electron chi connectivity index (χ0n) is 15.6. The van der Waals surface area contributed by atoms with Crippen molar-refractivity contribution in [1.29, 1.82) is 0 Å². The number of pyridine rings is 1. The second-order valence-electron chi connectivity index (χ2n) is 6.39. The number of aromatic nitrogens is 3. The third-order valence-electron chi connectivity index (χ3n) is 4.45. The first-order valence-corrected chi connectivity index (χ1v) is 9.63. The molecule has 0 spiro atoms. The molecule has 3 rings (SSSR count). The van der Waals surface area contributed by atoms with E-state index < -0.39 is 0 Å². The molecule has 0 aliphatic rings. The van der Waals surface area contributed by atoms with Crippen molar-refractivity contribution >= 4 is 17.2 Å². The van der Waals surface area contributed by atoms with Crippen molar-refractivity contribution in [2.75, 3.05) is 6.54 Å². The van der Waals surface area contributed by atoms with Crippen LogP contribution in [0.5, 0.6) is 0 Å². The highest BCUT2D eigenvalue weighted by atomic mass is 32.1. The maximum absolute atomic E-state index is 13.0. The summed E-state index contributed by atoms with van der Waals surface area (Å²) in [5, 5.41) is 12.6. The van der Waals surface area contributed by atoms with Gasteiger partial charge in [-0.05, 0) is 38.0 Å². The number of carbonyl (C=O) groups excluding carboxylic acids is 1. The maximum Gasteiger partial charge on any atom is 0.264 e. The molecular weight excluding hydrogens is 360 g/mol. The molecule has 1 aromatic carbocycles. The summed E-state index contributed by atoms with van der Waals surface area (Å²) in [5.41, 5.74) is 1.59. The molecule has 2 aromatic heterocycles. The van der Waals surface area contributed by atoms with Crippen LogP contribution < -0.4 is 10.9 Å². The molecule has 7 heteroatoms. The van der Waals surface area contributed by atoms with Gasteiger partial charge in [0.2, 0.25) is 0 Å². The minimum absolute atomic E-state index is 0.157. The van der Waals surface area contributed by atoms with Crippen molar-refractivity contribution in [2.24, 2.45) is 0 Å². The van der Waals surface area contributed by atoms with Gasteiger partial charge in [0.25, 0.3) is 11.5 Å². The highest BCUT2D eigenvalue weighted by Crippen LogP contribution is 2.16. The van der Waals surface area contributed by atoms with Gasteiger partial charge in [0, 0.05) is 19.2 Å². The molecule has 1 N–H and O–H groups in total. The molecular formula is C20H22N4O2S. The number of rotatable bonds is 6. The van der Waals surface area contributed by atoms with E-state index in [1.807, 2.05) is 50.2 Å². The third-order valence-corrected chi connectivity index (χ3v) is 5.34. The fraction of sp³-hybridized carbons (Fsp3) is 0.300. The molecule has 6 nitrogen and oxygen atoms in total. The molecule has 2 heterocycles. The summed E-state index contributed by atoms with van der Waals surface area (Å²) in [4.78, 5) is 25.6. The van der Waals surface area contributed by atoms with E-state index in [-0.39, 0.29) is 23.1 Å². The standard InChI is InChI=1S/C20H22N4O2S/c1-13-10-12-24(14(2)16-7-5-4-6-8-16)20(26)18(13)19(25)21-11-9-17-23-22-15(3)27-17/h4-8,10,12,14H,9,11H2,1-3H3,(H,21,25). The topological polar surface area (TPSA) is 76.9 Å². The van der Waals surface area contributed by atoms with Crippen molar-refractivity contribution in [3.8, 4) is 0 Å². The predicted octanol–water partition coefficient (Wildman–Crippen LogP) is 2.90. The average Bonchev–Trinajstić information content (AvgIpc) is 3.07. The van der Waals surface area contributed by atoms with Crippen LogP contribution in [0.1, 0.15) is 44.5 Å². The Kier molecular flexibility index (Phi) is 5.81. The van der Waals surface area contributed by atoms with Crippen molar-refractivity contribution < 1.29 is 4.79 Å². The van der Waals surface area contributed by atoms with Gasteiger partial charge < -0.3 is 9.88 Å². The van der Waals surface area contributed by atoms with Crippen LogP contribution >= 0.6 is 11.3 Å². The number of hydrogen-bond donors (Lipinski definition) is 1. The van der Waals surface area contributed by atoms with E-state index in [0.717, 1.165) is 15.6 Å². The molecule has 0 aliphatic heterocycles. The summed E-state index contributed by atoms with van der Waals surface area (Å²) in [6.45, 7) is 6.03. The fourth-order valence-electron chi connectivity index (χ4n) is 2.92. The Labute approximate surface area is 161 Å². The summed E-state index contributed by atoms with van der Waals surface area (Å²) >= 11 is 1.51. The van der Waals surface area contributed by atoms with E-state index in [1.54, 1.807) is 17.7 Å². The Hall–Kier alpha value is -2.80. The van der Waals surface area contributed by atoms with Crippen LogP contribution in [-0.4, -0.2) is 27.2 Å². The molecule has 0 aliphatic carbocycles. The highest BCUT2D eigenvalue weighted by molar-refractivity contribution is 7.11. The van der Waals surface area contributed by atoms with Crippen molar-refractivity contribution in [2.45, 2.75) is 33.2 Å². The normalized spacial score (nSPS) is 12.0. The van der Waals surface area contributed by atoms with Crippen molar-refractivity contribution in [1.82, 2.24) is 20.1 Å². The maximum atomic E-state index is 13.0. The Morgan fingerprint density at radius 1 is 1.19 bits per heavy atom. The molecule has 1 unspecified atom stereocenters. The summed E-state index contributed by atoms with van der Waals surface area (Å²) in [7, 11) is 0. The number of carbonyl (C=O) groups is 1. The van der Waals surface area contributed by atoms with Gasteiger partial charge in [-0.15, -0.1) is 21.5 Å². The van der Waals surface area contributed by atoms with Crippen LogP contribution in [0.25, 0.3) is 0 Å². The van der Waals surface area contributed by atoms with Gasteiger partial charge in [-0.1, -0.05) is 30.3 Å². The predicted molar refractivity (Wildman–Crippen MR) is 106 cm³/mol. The first-order chi connectivity index (χ1) is 13.0. The van der Waals surface area contributed by atoms with Crippen LogP contribution in [0, 0.1) is 13.8 Å². The molecule has 3 aromatic rings. The Morgan fingerprint density at radius 3 is 2.59 bits per heavy atom. The number of aryl methyl sites for hydroxylation is 2. The van der Waals surface area contributed by atoms with Gasteiger partial charge in [-0.25, -0.2) is 0 Å². The SMILES string of the molecule is Cc1nnc(CCNC(=O)c2c(C)ccn(C(C)c3ccccc3)c2=O)s1. The van der Waals surface area contributed by atoms with E-state index >= 15 is 0 Å². The lowest BCUT2D eigenvalue weighted by Crippen LogP contribution is -2.35.